The number of anilines is 1. The molecule has 38 heavy (non-hydrogen) atoms. The van der Waals surface area contributed by atoms with Crippen molar-refractivity contribution < 1.29 is 9.53 Å². The van der Waals surface area contributed by atoms with Gasteiger partial charge in [-0.05, 0) is 61.0 Å². The number of piperazine rings is 1. The minimum Gasteiger partial charge on any atom is -0.380 e. The summed E-state index contributed by atoms with van der Waals surface area (Å²) in [5.74, 6) is 0.104. The number of amides is 1. The van der Waals surface area contributed by atoms with Crippen LogP contribution in [0, 0.1) is 12.3 Å². The molecular weight excluding hydrogens is 474 g/mol. The van der Waals surface area contributed by atoms with Crippen LogP contribution in [0.15, 0.2) is 60.9 Å². The molecule has 0 radical (unpaired) electrons. The van der Waals surface area contributed by atoms with Gasteiger partial charge in [0.05, 0.1) is 18.6 Å². The molecule has 3 aliphatic rings. The largest absolute Gasteiger partial charge is 0.380 e. The molecule has 7 heteroatoms. The maximum atomic E-state index is 12.9. The molecule has 0 aliphatic carbocycles. The number of aromatic nitrogens is 2. The lowest BCUT2D eigenvalue weighted by atomic mass is 9.78. The number of nitrogens with zero attached hydrogens (tertiary/aromatic N) is 4. The number of benzene rings is 2. The molecule has 0 bridgehead atoms. The summed E-state index contributed by atoms with van der Waals surface area (Å²) in [7, 11) is 2.19. The van der Waals surface area contributed by atoms with Gasteiger partial charge < -0.3 is 24.4 Å². The van der Waals surface area contributed by atoms with Crippen molar-refractivity contribution >= 4 is 22.6 Å². The van der Waals surface area contributed by atoms with Gasteiger partial charge in [0.2, 0.25) is 0 Å². The van der Waals surface area contributed by atoms with Crippen LogP contribution < -0.4 is 4.90 Å². The number of aromatic amines is 1. The number of H-pyrrole nitrogens is 1. The second kappa shape index (κ2) is 8.96. The Morgan fingerprint density at radius 1 is 0.947 bits per heavy atom. The first-order chi connectivity index (χ1) is 18.5. The maximum absolute atomic E-state index is 12.9. The molecule has 3 aliphatic heterocycles. The highest BCUT2D eigenvalue weighted by Gasteiger charge is 2.50. The molecule has 7 nitrogen and oxygen atoms in total. The molecule has 3 fully saturated rings. The lowest BCUT2D eigenvalue weighted by Gasteiger charge is -2.54. The van der Waals surface area contributed by atoms with Crippen molar-refractivity contribution in [1.82, 2.24) is 19.8 Å². The van der Waals surface area contributed by atoms with Crippen molar-refractivity contribution in [2.45, 2.75) is 6.92 Å². The summed E-state index contributed by atoms with van der Waals surface area (Å²) in [6.45, 7) is 9.71. The minimum atomic E-state index is 0.104. The molecule has 5 heterocycles. The van der Waals surface area contributed by atoms with E-state index in [0.717, 1.165) is 85.8 Å². The van der Waals surface area contributed by atoms with Crippen LogP contribution in [0.25, 0.3) is 33.3 Å². The number of aryl methyl sites for hydroxylation is 1. The smallest absolute Gasteiger partial charge is 0.253 e. The van der Waals surface area contributed by atoms with E-state index in [1.807, 2.05) is 41.6 Å². The van der Waals surface area contributed by atoms with Crippen LogP contribution in [0.3, 0.4) is 0 Å². The van der Waals surface area contributed by atoms with E-state index in [1.165, 1.54) is 16.8 Å². The van der Waals surface area contributed by atoms with Gasteiger partial charge in [-0.2, -0.15) is 0 Å². The molecule has 194 valence electrons. The van der Waals surface area contributed by atoms with E-state index >= 15 is 0 Å². The van der Waals surface area contributed by atoms with Gasteiger partial charge in [0.15, 0.2) is 0 Å². The molecule has 3 saturated heterocycles. The molecule has 1 N–H and O–H groups in total. The Labute approximate surface area is 223 Å². The second-order valence-electron chi connectivity index (χ2n) is 11.3. The third kappa shape index (κ3) is 3.97. The number of carbonyl (C=O) groups excluding carboxylic acids is 1. The highest BCUT2D eigenvalue weighted by molar-refractivity contribution is 5.98. The number of fused-ring (bicyclic) bond motifs is 1. The van der Waals surface area contributed by atoms with Crippen molar-refractivity contribution in [2.75, 3.05) is 64.4 Å². The monoisotopic (exact) mass is 507 g/mol. The molecule has 2 aromatic heterocycles. The highest BCUT2D eigenvalue weighted by Crippen LogP contribution is 2.38. The first-order valence-electron chi connectivity index (χ1n) is 13.5. The van der Waals surface area contributed by atoms with Gasteiger partial charge in [-0.1, -0.05) is 18.2 Å². The van der Waals surface area contributed by atoms with E-state index < -0.39 is 0 Å². The number of likely N-dealkylation sites (tertiary alicyclic amines) is 1. The molecule has 0 unspecified atom stereocenters. The molecular formula is C31H33N5O2. The Morgan fingerprint density at radius 3 is 2.37 bits per heavy atom. The topological polar surface area (TPSA) is 64.7 Å². The lowest BCUT2D eigenvalue weighted by molar-refractivity contribution is -0.176. The number of carbonyl (C=O) groups is 1. The van der Waals surface area contributed by atoms with E-state index in [0.29, 0.717) is 0 Å². The van der Waals surface area contributed by atoms with E-state index in [9.17, 15) is 4.79 Å². The van der Waals surface area contributed by atoms with Crippen molar-refractivity contribution in [3.05, 3.63) is 72.1 Å². The third-order valence-corrected chi connectivity index (χ3v) is 8.50. The SMILES string of the molecule is Cc1cc(-c2cnc3[nH]cc(-c4ccc(C(=O)N5CC6(COC6)C5)cc4)c3c2)ccc1N1CCN(C)CC1. The first-order valence-corrected chi connectivity index (χ1v) is 13.5. The Morgan fingerprint density at radius 2 is 1.68 bits per heavy atom. The Bertz CT molecular complexity index is 1510. The van der Waals surface area contributed by atoms with Gasteiger partial charge in [0.25, 0.3) is 5.91 Å². The number of hydrogen-bond donors (Lipinski definition) is 1. The average Bonchev–Trinajstić information content (AvgIpc) is 3.31. The quantitative estimate of drug-likeness (QED) is 0.443. The molecule has 1 spiro atoms. The van der Waals surface area contributed by atoms with E-state index in [1.54, 1.807) is 0 Å². The summed E-state index contributed by atoms with van der Waals surface area (Å²) in [5.41, 5.74) is 8.88. The van der Waals surface area contributed by atoms with Crippen LogP contribution in [0.2, 0.25) is 0 Å². The van der Waals surface area contributed by atoms with Crippen molar-refractivity contribution in [3.8, 4) is 22.3 Å². The minimum absolute atomic E-state index is 0.104. The molecule has 1 amide bonds. The van der Waals surface area contributed by atoms with Crippen molar-refractivity contribution in [3.63, 3.8) is 0 Å². The predicted molar refractivity (Wildman–Crippen MR) is 151 cm³/mol. The number of rotatable bonds is 4. The Balaban J connectivity index is 1.12. The zero-order valence-corrected chi connectivity index (χ0v) is 22.0. The molecule has 2 aromatic carbocycles. The van der Waals surface area contributed by atoms with E-state index in [2.05, 4.69) is 53.0 Å². The molecule has 4 aromatic rings. The standard InChI is InChI=1S/C31H33N5O2/c1-21-13-24(7-8-28(21)35-11-9-34(2)10-12-35)25-14-26-27(16-33-29(26)32-15-25)22-3-5-23(6-4-22)30(37)36-17-31(18-36)19-38-20-31/h3-8,13-16H,9-12,17-20H2,1-2H3,(H,32,33). The van der Waals surface area contributed by atoms with Crippen LogP contribution in [0.1, 0.15) is 15.9 Å². The summed E-state index contributed by atoms with van der Waals surface area (Å²) in [6, 6.07) is 16.9. The normalized spacial score (nSPS) is 19.0. The van der Waals surface area contributed by atoms with Crippen LogP contribution in [-0.2, 0) is 4.74 Å². The van der Waals surface area contributed by atoms with Gasteiger partial charge in [-0.3, -0.25) is 4.79 Å². The Hall–Kier alpha value is -3.68. The zero-order valence-electron chi connectivity index (χ0n) is 22.0. The van der Waals surface area contributed by atoms with Gasteiger partial charge in [0, 0.05) is 79.4 Å². The van der Waals surface area contributed by atoms with Crippen LogP contribution >= 0.6 is 0 Å². The summed E-state index contributed by atoms with van der Waals surface area (Å²) >= 11 is 0. The number of likely N-dealkylation sites (N-methyl/N-ethyl adjacent to an activating group) is 1. The fraction of sp³-hybridized carbons (Fsp3) is 0.355. The summed E-state index contributed by atoms with van der Waals surface area (Å²) in [5, 5.41) is 1.08. The predicted octanol–water partition coefficient (Wildman–Crippen LogP) is 4.43. The summed E-state index contributed by atoms with van der Waals surface area (Å²) < 4.78 is 5.33. The number of nitrogens with one attached hydrogen (secondary N) is 1. The Kier molecular flexibility index (Phi) is 5.53. The maximum Gasteiger partial charge on any atom is 0.253 e. The van der Waals surface area contributed by atoms with Gasteiger partial charge in [0.1, 0.15) is 5.65 Å². The van der Waals surface area contributed by atoms with Gasteiger partial charge in [-0.25, -0.2) is 4.98 Å². The second-order valence-corrected chi connectivity index (χ2v) is 11.3. The van der Waals surface area contributed by atoms with Gasteiger partial charge >= 0.3 is 0 Å². The molecule has 7 rings (SSSR count). The lowest BCUT2D eigenvalue weighted by Crippen LogP contribution is -2.67. The number of ether oxygens (including phenoxy) is 1. The fourth-order valence-electron chi connectivity index (χ4n) is 6.09. The van der Waals surface area contributed by atoms with Crippen molar-refractivity contribution in [2.24, 2.45) is 5.41 Å². The number of pyridine rings is 1. The fourth-order valence-corrected chi connectivity index (χ4v) is 6.09. The summed E-state index contributed by atoms with van der Waals surface area (Å²) in [4.78, 5) is 27.7. The van der Waals surface area contributed by atoms with Crippen molar-refractivity contribution in [1.29, 1.82) is 0 Å². The van der Waals surface area contributed by atoms with Crippen LogP contribution in [0.5, 0.6) is 0 Å². The van der Waals surface area contributed by atoms with E-state index in [4.69, 9.17) is 9.72 Å². The molecule has 0 saturated carbocycles. The first kappa shape index (κ1) is 23.4. The number of hydrogen-bond acceptors (Lipinski definition) is 5. The zero-order chi connectivity index (χ0) is 25.9. The van der Waals surface area contributed by atoms with Crippen LogP contribution in [-0.4, -0.2) is 85.2 Å². The van der Waals surface area contributed by atoms with Gasteiger partial charge in [-0.15, -0.1) is 0 Å². The highest BCUT2D eigenvalue weighted by atomic mass is 16.5. The van der Waals surface area contributed by atoms with Crippen LogP contribution in [0.4, 0.5) is 5.69 Å². The third-order valence-electron chi connectivity index (χ3n) is 8.50. The van der Waals surface area contributed by atoms with E-state index in [-0.39, 0.29) is 11.3 Å². The average molecular weight is 508 g/mol. The molecule has 0 atom stereocenters. The summed E-state index contributed by atoms with van der Waals surface area (Å²) in [6.07, 6.45) is 3.96.